The highest BCUT2D eigenvalue weighted by Crippen LogP contribution is 2.20. The van der Waals surface area contributed by atoms with Crippen LogP contribution >= 0.6 is 0 Å². The number of carbonyl (C=O) groups excluding carboxylic acids is 1. The van der Waals surface area contributed by atoms with Crippen LogP contribution < -0.4 is 15.9 Å². The number of hydrogen-bond acceptors (Lipinski definition) is 4. The standard InChI is InChI=1S/C16H15F2N3O2/c1-10(13-4-2-3-5-14(13)23-16(17)18)20-21-15(22)11-6-8-12(19)9-7-11/h2-9,16H,19H2,1H3,(H,21,22)/b20-10-. The molecule has 7 heteroatoms. The number of benzene rings is 2. The third-order valence-electron chi connectivity index (χ3n) is 2.99. The maximum absolute atomic E-state index is 12.4. The smallest absolute Gasteiger partial charge is 0.387 e. The number of carbonyl (C=O) groups is 1. The molecule has 2 aromatic rings. The largest absolute Gasteiger partial charge is 0.434 e. The van der Waals surface area contributed by atoms with Crippen LogP contribution in [0.5, 0.6) is 5.75 Å². The van der Waals surface area contributed by atoms with Gasteiger partial charge < -0.3 is 10.5 Å². The first-order valence-electron chi connectivity index (χ1n) is 6.71. The Kier molecular flexibility index (Phi) is 5.24. The summed E-state index contributed by atoms with van der Waals surface area (Å²) < 4.78 is 29.2. The van der Waals surface area contributed by atoms with Crippen LogP contribution in [0.1, 0.15) is 22.8 Å². The molecule has 3 N–H and O–H groups in total. The van der Waals surface area contributed by atoms with Gasteiger partial charge in [-0.25, -0.2) is 5.43 Å². The van der Waals surface area contributed by atoms with Gasteiger partial charge in [0.1, 0.15) is 5.75 Å². The predicted molar refractivity (Wildman–Crippen MR) is 83.6 cm³/mol. The van der Waals surface area contributed by atoms with E-state index in [4.69, 9.17) is 5.73 Å². The van der Waals surface area contributed by atoms with E-state index in [0.29, 0.717) is 22.5 Å². The van der Waals surface area contributed by atoms with Crippen molar-refractivity contribution in [2.24, 2.45) is 5.10 Å². The fraction of sp³-hybridized carbons (Fsp3) is 0.125. The molecule has 0 fully saturated rings. The van der Waals surface area contributed by atoms with E-state index in [2.05, 4.69) is 15.3 Å². The molecule has 0 atom stereocenters. The van der Waals surface area contributed by atoms with Crippen molar-refractivity contribution < 1.29 is 18.3 Å². The summed E-state index contributed by atoms with van der Waals surface area (Å²) in [5.74, 6) is -0.443. The van der Waals surface area contributed by atoms with Gasteiger partial charge in [-0.1, -0.05) is 12.1 Å². The second kappa shape index (κ2) is 7.35. The highest BCUT2D eigenvalue weighted by molar-refractivity contribution is 6.02. The molecule has 120 valence electrons. The molecule has 0 saturated carbocycles. The maximum Gasteiger partial charge on any atom is 0.387 e. The number of anilines is 1. The second-order valence-corrected chi connectivity index (χ2v) is 4.63. The Labute approximate surface area is 131 Å². The van der Waals surface area contributed by atoms with E-state index in [1.54, 1.807) is 49.4 Å². The molecule has 1 amide bonds. The van der Waals surface area contributed by atoms with E-state index in [-0.39, 0.29) is 5.75 Å². The van der Waals surface area contributed by atoms with E-state index >= 15 is 0 Å². The molecule has 0 spiro atoms. The van der Waals surface area contributed by atoms with Gasteiger partial charge in [-0.15, -0.1) is 0 Å². The Morgan fingerprint density at radius 2 is 1.83 bits per heavy atom. The quantitative estimate of drug-likeness (QED) is 0.505. The van der Waals surface area contributed by atoms with Crippen LogP contribution in [0, 0.1) is 0 Å². The first-order chi connectivity index (χ1) is 11.0. The zero-order valence-electron chi connectivity index (χ0n) is 12.3. The molecule has 0 unspecified atom stereocenters. The minimum Gasteiger partial charge on any atom is -0.434 e. The molecule has 0 aromatic heterocycles. The predicted octanol–water partition coefficient (Wildman–Crippen LogP) is 3.02. The molecule has 23 heavy (non-hydrogen) atoms. The molecule has 0 aliphatic carbocycles. The minimum absolute atomic E-state index is 0.00881. The summed E-state index contributed by atoms with van der Waals surface area (Å²) in [6.07, 6.45) is 0. The average molecular weight is 319 g/mol. The highest BCUT2D eigenvalue weighted by atomic mass is 19.3. The third kappa shape index (κ3) is 4.50. The average Bonchev–Trinajstić information content (AvgIpc) is 2.53. The Balaban J connectivity index is 2.14. The molecule has 0 aliphatic rings. The number of nitrogens with zero attached hydrogens (tertiary/aromatic N) is 1. The lowest BCUT2D eigenvalue weighted by atomic mass is 10.1. The van der Waals surface area contributed by atoms with Crippen LogP contribution in [-0.4, -0.2) is 18.2 Å². The van der Waals surface area contributed by atoms with Crippen molar-refractivity contribution in [3.05, 3.63) is 59.7 Å². The first kappa shape index (κ1) is 16.4. The number of nitrogens with one attached hydrogen (secondary N) is 1. The van der Waals surface area contributed by atoms with Crippen molar-refractivity contribution in [2.45, 2.75) is 13.5 Å². The number of halogens is 2. The summed E-state index contributed by atoms with van der Waals surface area (Å²) in [5.41, 5.74) is 9.54. The fourth-order valence-electron chi connectivity index (χ4n) is 1.86. The van der Waals surface area contributed by atoms with Crippen LogP contribution in [0.3, 0.4) is 0 Å². The van der Waals surface area contributed by atoms with E-state index in [0.717, 1.165) is 0 Å². The van der Waals surface area contributed by atoms with Crippen LogP contribution in [0.4, 0.5) is 14.5 Å². The van der Waals surface area contributed by atoms with Crippen molar-refractivity contribution >= 4 is 17.3 Å². The van der Waals surface area contributed by atoms with Crippen LogP contribution in [0.2, 0.25) is 0 Å². The summed E-state index contributed by atoms with van der Waals surface area (Å²) in [6, 6.07) is 12.5. The number of nitrogens with two attached hydrogens (primary N) is 1. The molecule has 0 aliphatic heterocycles. The van der Waals surface area contributed by atoms with Gasteiger partial charge in [0.2, 0.25) is 0 Å². The van der Waals surface area contributed by atoms with Crippen molar-refractivity contribution in [1.82, 2.24) is 5.43 Å². The van der Waals surface area contributed by atoms with Crippen LogP contribution in [-0.2, 0) is 0 Å². The van der Waals surface area contributed by atoms with Gasteiger partial charge in [-0.2, -0.15) is 13.9 Å². The fourth-order valence-corrected chi connectivity index (χ4v) is 1.86. The monoisotopic (exact) mass is 319 g/mol. The SMILES string of the molecule is C/C(=N/NC(=O)c1ccc(N)cc1)c1ccccc1OC(F)F. The van der Waals surface area contributed by atoms with Gasteiger partial charge in [0.25, 0.3) is 5.91 Å². The van der Waals surface area contributed by atoms with Crippen LogP contribution in [0.25, 0.3) is 0 Å². The topological polar surface area (TPSA) is 76.7 Å². The summed E-state index contributed by atoms with van der Waals surface area (Å²) in [5, 5.41) is 3.92. The van der Waals surface area contributed by atoms with Gasteiger partial charge in [0.05, 0.1) is 5.71 Å². The van der Waals surface area contributed by atoms with Gasteiger partial charge in [-0.05, 0) is 43.3 Å². The molecule has 0 saturated heterocycles. The number of para-hydroxylation sites is 1. The minimum atomic E-state index is -2.94. The summed E-state index contributed by atoms with van der Waals surface area (Å²) in [6.45, 7) is -1.36. The lowest BCUT2D eigenvalue weighted by molar-refractivity contribution is -0.0499. The molecule has 0 heterocycles. The number of alkyl halides is 2. The molecule has 2 rings (SSSR count). The first-order valence-corrected chi connectivity index (χ1v) is 6.71. The van der Waals surface area contributed by atoms with E-state index in [9.17, 15) is 13.6 Å². The van der Waals surface area contributed by atoms with E-state index in [1.165, 1.54) is 6.07 Å². The van der Waals surface area contributed by atoms with Gasteiger partial charge in [-0.3, -0.25) is 4.79 Å². The highest BCUT2D eigenvalue weighted by Gasteiger charge is 2.11. The Morgan fingerprint density at radius 1 is 1.17 bits per heavy atom. The molecular formula is C16H15F2N3O2. The molecule has 0 radical (unpaired) electrons. The number of hydrazone groups is 1. The summed E-state index contributed by atoms with van der Waals surface area (Å²) in [4.78, 5) is 11.9. The van der Waals surface area contributed by atoms with Crippen molar-refractivity contribution in [3.8, 4) is 5.75 Å². The van der Waals surface area contributed by atoms with Gasteiger partial charge in [0.15, 0.2) is 0 Å². The van der Waals surface area contributed by atoms with Crippen molar-refractivity contribution in [3.63, 3.8) is 0 Å². The normalized spacial score (nSPS) is 11.4. The molecular weight excluding hydrogens is 304 g/mol. The number of ether oxygens (including phenoxy) is 1. The van der Waals surface area contributed by atoms with Gasteiger partial charge in [0, 0.05) is 16.8 Å². The summed E-state index contributed by atoms with van der Waals surface area (Å²) in [7, 11) is 0. The number of rotatable bonds is 5. The Bertz CT molecular complexity index is 716. The zero-order chi connectivity index (χ0) is 16.8. The Hall–Kier alpha value is -2.96. The zero-order valence-corrected chi connectivity index (χ0v) is 12.3. The summed E-state index contributed by atoms with van der Waals surface area (Å²) >= 11 is 0. The molecule has 2 aromatic carbocycles. The number of nitrogen functional groups attached to an aromatic ring is 1. The molecule has 5 nitrogen and oxygen atoms in total. The third-order valence-corrected chi connectivity index (χ3v) is 2.99. The van der Waals surface area contributed by atoms with E-state index < -0.39 is 12.5 Å². The van der Waals surface area contributed by atoms with Crippen molar-refractivity contribution in [2.75, 3.05) is 5.73 Å². The Morgan fingerprint density at radius 3 is 2.48 bits per heavy atom. The van der Waals surface area contributed by atoms with Gasteiger partial charge >= 0.3 is 6.61 Å². The lowest BCUT2D eigenvalue weighted by Crippen LogP contribution is -2.19. The maximum atomic E-state index is 12.4. The molecule has 0 bridgehead atoms. The van der Waals surface area contributed by atoms with Crippen LogP contribution in [0.15, 0.2) is 53.6 Å². The van der Waals surface area contributed by atoms with Crippen molar-refractivity contribution in [1.29, 1.82) is 0 Å². The number of hydrogen-bond donors (Lipinski definition) is 2. The lowest BCUT2D eigenvalue weighted by Gasteiger charge is -2.10. The van der Waals surface area contributed by atoms with E-state index in [1.807, 2.05) is 0 Å². The number of amides is 1. The second-order valence-electron chi connectivity index (χ2n) is 4.63.